The van der Waals surface area contributed by atoms with Crippen LogP contribution in [0.2, 0.25) is 0 Å². The Balaban J connectivity index is 2.00. The van der Waals surface area contributed by atoms with Gasteiger partial charge in [0.05, 0.1) is 0 Å². The van der Waals surface area contributed by atoms with E-state index in [4.69, 9.17) is 9.84 Å². The second-order valence-corrected chi connectivity index (χ2v) is 9.08. The highest BCUT2D eigenvalue weighted by atomic mass is 16.6. The zero-order valence-electron chi connectivity index (χ0n) is 17.2. The molecule has 2 atom stereocenters. The molecule has 0 saturated heterocycles. The highest BCUT2D eigenvalue weighted by Gasteiger charge is 2.42. The Morgan fingerprint density at radius 1 is 1.15 bits per heavy atom. The monoisotopic (exact) mass is 376 g/mol. The van der Waals surface area contributed by atoms with Crippen LogP contribution >= 0.6 is 0 Å². The van der Waals surface area contributed by atoms with Crippen LogP contribution in [0, 0.1) is 31.6 Å². The predicted molar refractivity (Wildman–Crippen MR) is 105 cm³/mol. The quantitative estimate of drug-likeness (QED) is 0.719. The Morgan fingerprint density at radius 2 is 1.81 bits per heavy atom. The van der Waals surface area contributed by atoms with E-state index in [1.165, 1.54) is 0 Å². The Bertz CT molecular complexity index is 729. The molecule has 2 unspecified atom stereocenters. The molecule has 1 aromatic rings. The molecule has 27 heavy (non-hydrogen) atoms. The summed E-state index contributed by atoms with van der Waals surface area (Å²) in [7, 11) is 0. The van der Waals surface area contributed by atoms with Gasteiger partial charge >= 0.3 is 12.2 Å². The number of carboxylic acid groups (broad SMARTS) is 1. The van der Waals surface area contributed by atoms with E-state index >= 15 is 0 Å². The zero-order valence-corrected chi connectivity index (χ0v) is 17.2. The van der Waals surface area contributed by atoms with E-state index in [-0.39, 0.29) is 16.9 Å². The van der Waals surface area contributed by atoms with Crippen LogP contribution in [0.3, 0.4) is 0 Å². The van der Waals surface area contributed by atoms with Crippen molar-refractivity contribution >= 4 is 12.2 Å². The van der Waals surface area contributed by atoms with Crippen molar-refractivity contribution in [3.8, 4) is 5.75 Å². The highest BCUT2D eigenvalue weighted by molar-refractivity contribution is 5.71. The van der Waals surface area contributed by atoms with Crippen LogP contribution in [0.4, 0.5) is 9.59 Å². The number of carbonyl (C=O) groups is 2. The number of amides is 2. The van der Waals surface area contributed by atoms with Gasteiger partial charge in [-0.3, -0.25) is 0 Å². The first kappa shape index (κ1) is 21.1. The molecule has 1 aliphatic rings. The minimum atomic E-state index is -1.00. The second kappa shape index (κ2) is 7.79. The molecule has 150 valence electrons. The number of benzene rings is 1. The number of ether oxygens (including phenoxy) is 1. The van der Waals surface area contributed by atoms with E-state index in [2.05, 4.69) is 31.4 Å². The summed E-state index contributed by atoms with van der Waals surface area (Å²) < 4.78 is 5.50. The van der Waals surface area contributed by atoms with Gasteiger partial charge < -0.3 is 20.5 Å². The van der Waals surface area contributed by atoms with E-state index in [1.54, 1.807) is 0 Å². The summed E-state index contributed by atoms with van der Waals surface area (Å²) in [4.78, 5) is 23.4. The molecule has 0 aliphatic heterocycles. The third kappa shape index (κ3) is 5.62. The van der Waals surface area contributed by atoms with E-state index < -0.39 is 12.2 Å². The fraction of sp³-hybridized carbons (Fsp3) is 0.619. The van der Waals surface area contributed by atoms with Gasteiger partial charge in [0.2, 0.25) is 0 Å². The number of hydrogen-bond acceptors (Lipinski definition) is 3. The topological polar surface area (TPSA) is 87.7 Å². The maximum absolute atomic E-state index is 12.3. The molecule has 6 nitrogen and oxygen atoms in total. The maximum atomic E-state index is 12.3. The first-order chi connectivity index (χ1) is 12.4. The average Bonchev–Trinajstić information content (AvgIpc) is 2.51. The number of rotatable bonds is 4. The zero-order chi connectivity index (χ0) is 20.4. The van der Waals surface area contributed by atoms with Crippen LogP contribution < -0.4 is 15.4 Å². The summed E-state index contributed by atoms with van der Waals surface area (Å²) in [6.45, 7) is 12.8. The molecule has 1 fully saturated rings. The van der Waals surface area contributed by atoms with Crippen LogP contribution in [-0.4, -0.2) is 29.9 Å². The number of carbonyl (C=O) groups excluding carboxylic acids is 1. The first-order valence-corrected chi connectivity index (χ1v) is 9.43. The van der Waals surface area contributed by atoms with Crippen LogP contribution in [0.5, 0.6) is 5.75 Å². The van der Waals surface area contributed by atoms with Gasteiger partial charge in [-0.15, -0.1) is 0 Å². The van der Waals surface area contributed by atoms with Gasteiger partial charge in [0.1, 0.15) is 5.75 Å². The molecular weight excluding hydrogens is 344 g/mol. The molecule has 0 bridgehead atoms. The lowest BCUT2D eigenvalue weighted by Crippen LogP contribution is -2.50. The summed E-state index contributed by atoms with van der Waals surface area (Å²) in [5.41, 5.74) is 3.03. The summed E-state index contributed by atoms with van der Waals surface area (Å²) in [6, 6.07) is 3.64. The van der Waals surface area contributed by atoms with Crippen molar-refractivity contribution in [2.75, 3.05) is 6.54 Å². The normalized spacial score (nSPS) is 24.1. The van der Waals surface area contributed by atoms with E-state index in [0.29, 0.717) is 18.7 Å². The molecule has 0 heterocycles. The smallest absolute Gasteiger partial charge is 0.412 e. The molecule has 1 aliphatic carbocycles. The maximum Gasteiger partial charge on any atom is 0.412 e. The first-order valence-electron chi connectivity index (χ1n) is 9.43. The predicted octanol–water partition coefficient (Wildman–Crippen LogP) is 4.55. The van der Waals surface area contributed by atoms with Gasteiger partial charge in [-0.05, 0) is 73.6 Å². The van der Waals surface area contributed by atoms with Gasteiger partial charge in [-0.2, -0.15) is 0 Å². The Kier molecular flexibility index (Phi) is 6.07. The van der Waals surface area contributed by atoms with Crippen molar-refractivity contribution in [1.29, 1.82) is 0 Å². The molecule has 1 saturated carbocycles. The SMILES string of the molecule is Cc1ccc(OC(=O)NCC2(C)CC(NC(=O)O)CC(C)(C)C2)c(C)c1C. The second-order valence-electron chi connectivity index (χ2n) is 9.08. The molecule has 6 heteroatoms. The van der Waals surface area contributed by atoms with Gasteiger partial charge in [0.15, 0.2) is 0 Å². The van der Waals surface area contributed by atoms with E-state index in [9.17, 15) is 9.59 Å². The summed E-state index contributed by atoms with van der Waals surface area (Å²) in [5.74, 6) is 0.565. The Morgan fingerprint density at radius 3 is 2.44 bits per heavy atom. The molecule has 2 amide bonds. The largest absolute Gasteiger partial charge is 0.465 e. The molecule has 0 radical (unpaired) electrons. The lowest BCUT2D eigenvalue weighted by Gasteiger charge is -2.46. The molecule has 2 rings (SSSR count). The third-order valence-electron chi connectivity index (χ3n) is 5.64. The minimum Gasteiger partial charge on any atom is -0.465 e. The van der Waals surface area contributed by atoms with Crippen LogP contribution in [0.25, 0.3) is 0 Å². The van der Waals surface area contributed by atoms with Crippen LogP contribution in [-0.2, 0) is 0 Å². The van der Waals surface area contributed by atoms with E-state index in [0.717, 1.165) is 29.5 Å². The lowest BCUT2D eigenvalue weighted by atomic mass is 9.62. The van der Waals surface area contributed by atoms with Crippen molar-refractivity contribution in [3.05, 3.63) is 28.8 Å². The summed E-state index contributed by atoms with van der Waals surface area (Å²) >= 11 is 0. The van der Waals surface area contributed by atoms with Crippen LogP contribution in [0.1, 0.15) is 56.7 Å². The van der Waals surface area contributed by atoms with Crippen molar-refractivity contribution in [2.45, 2.75) is 66.8 Å². The fourth-order valence-electron chi connectivity index (χ4n) is 4.51. The lowest BCUT2D eigenvalue weighted by molar-refractivity contribution is 0.0695. The highest BCUT2D eigenvalue weighted by Crippen LogP contribution is 2.45. The summed E-state index contributed by atoms with van der Waals surface area (Å²) in [6.07, 6.45) is 0.902. The molecule has 3 N–H and O–H groups in total. The van der Waals surface area contributed by atoms with Crippen molar-refractivity contribution in [1.82, 2.24) is 10.6 Å². The summed E-state index contributed by atoms with van der Waals surface area (Å²) in [5, 5.41) is 14.5. The minimum absolute atomic E-state index is 0.00361. The van der Waals surface area contributed by atoms with Gasteiger partial charge in [-0.25, -0.2) is 9.59 Å². The van der Waals surface area contributed by atoms with Crippen molar-refractivity contribution in [2.24, 2.45) is 10.8 Å². The third-order valence-corrected chi connectivity index (χ3v) is 5.64. The number of nitrogens with one attached hydrogen (secondary N) is 2. The number of hydrogen-bond donors (Lipinski definition) is 3. The Labute approximate surface area is 161 Å². The van der Waals surface area contributed by atoms with Crippen LogP contribution in [0.15, 0.2) is 12.1 Å². The standard InChI is InChI=1S/C21H32N2O4/c1-13-7-8-17(15(3)14(13)2)27-19(26)22-12-21(6)10-16(23-18(24)25)9-20(4,5)11-21/h7-8,16,23H,9-12H2,1-6H3,(H,22,26)(H,24,25). The fourth-order valence-corrected chi connectivity index (χ4v) is 4.51. The van der Waals surface area contributed by atoms with Crippen molar-refractivity contribution in [3.63, 3.8) is 0 Å². The molecular formula is C21H32N2O4. The Hall–Kier alpha value is -2.24. The van der Waals surface area contributed by atoms with Gasteiger partial charge in [0.25, 0.3) is 0 Å². The molecule has 1 aromatic carbocycles. The molecule has 0 aromatic heterocycles. The number of aryl methyl sites for hydroxylation is 1. The van der Waals surface area contributed by atoms with Crippen molar-refractivity contribution < 1.29 is 19.4 Å². The van der Waals surface area contributed by atoms with Gasteiger partial charge in [-0.1, -0.05) is 26.8 Å². The van der Waals surface area contributed by atoms with Gasteiger partial charge in [0, 0.05) is 12.6 Å². The average molecular weight is 376 g/mol. The molecule has 0 spiro atoms. The van der Waals surface area contributed by atoms with E-state index in [1.807, 2.05) is 32.9 Å².